The average Bonchev–Trinajstić information content (AvgIpc) is 2.47. The van der Waals surface area contributed by atoms with Gasteiger partial charge in [-0.25, -0.2) is 0 Å². The van der Waals surface area contributed by atoms with Gasteiger partial charge in [0.05, 0.1) is 19.9 Å². The van der Waals surface area contributed by atoms with Gasteiger partial charge in [0.1, 0.15) is 0 Å². The first kappa shape index (κ1) is 18.2. The Morgan fingerprint density at radius 1 is 1.36 bits per heavy atom. The van der Waals surface area contributed by atoms with Gasteiger partial charge in [-0.2, -0.15) is 5.10 Å². The van der Waals surface area contributed by atoms with Crippen LogP contribution < -0.4 is 20.2 Å². The van der Waals surface area contributed by atoms with Gasteiger partial charge in [-0.3, -0.25) is 5.43 Å². The highest BCUT2D eigenvalue weighted by Crippen LogP contribution is 2.27. The maximum absolute atomic E-state index is 5.74. The normalized spacial score (nSPS) is 10.8. The molecule has 1 rings (SSSR count). The van der Waals surface area contributed by atoms with Crippen molar-refractivity contribution in [2.24, 2.45) is 5.10 Å². The molecule has 0 aliphatic carbocycles. The molecule has 1 aromatic carbocycles. The number of hydrogen-bond donors (Lipinski definition) is 2. The monoisotopic (exact) mass is 323 g/mol. The van der Waals surface area contributed by atoms with Crippen molar-refractivity contribution >= 4 is 23.5 Å². The van der Waals surface area contributed by atoms with Crippen LogP contribution in [-0.2, 0) is 0 Å². The Labute approximate surface area is 138 Å². The van der Waals surface area contributed by atoms with Crippen LogP contribution >= 0.6 is 12.2 Å². The first-order valence-electron chi connectivity index (χ1n) is 7.47. The van der Waals surface area contributed by atoms with Crippen LogP contribution in [0.2, 0.25) is 0 Å². The van der Waals surface area contributed by atoms with Gasteiger partial charge in [-0.15, -0.1) is 0 Å². The van der Waals surface area contributed by atoms with Crippen molar-refractivity contribution in [3.63, 3.8) is 0 Å². The molecule has 0 heterocycles. The predicted octanol–water partition coefficient (Wildman–Crippen LogP) is 3.08. The number of nitrogens with one attached hydrogen (secondary N) is 2. The molecule has 0 unspecified atom stereocenters. The Morgan fingerprint density at radius 3 is 2.77 bits per heavy atom. The van der Waals surface area contributed by atoms with E-state index in [-0.39, 0.29) is 6.04 Å². The fraction of sp³-hybridized carbons (Fsp3) is 0.500. The Morgan fingerprint density at radius 2 is 2.14 bits per heavy atom. The number of hydrogen-bond acceptors (Lipinski definition) is 4. The van der Waals surface area contributed by atoms with Crippen molar-refractivity contribution in [3.8, 4) is 11.5 Å². The Balaban J connectivity index is 2.66. The van der Waals surface area contributed by atoms with Crippen molar-refractivity contribution in [2.75, 3.05) is 13.7 Å². The molecule has 0 saturated carbocycles. The van der Waals surface area contributed by atoms with Gasteiger partial charge in [0.2, 0.25) is 0 Å². The summed E-state index contributed by atoms with van der Waals surface area (Å²) in [5.41, 5.74) is 3.69. The number of nitrogens with zero attached hydrogens (tertiary/aromatic N) is 1. The Hall–Kier alpha value is -1.82. The molecule has 0 amide bonds. The number of rotatable bonds is 8. The minimum absolute atomic E-state index is 0.273. The number of methoxy groups -OCH3 is 1. The van der Waals surface area contributed by atoms with Gasteiger partial charge < -0.3 is 14.8 Å². The zero-order valence-electron chi connectivity index (χ0n) is 13.7. The van der Waals surface area contributed by atoms with Crippen molar-refractivity contribution < 1.29 is 9.47 Å². The first-order chi connectivity index (χ1) is 10.6. The molecular weight excluding hydrogens is 298 g/mol. The van der Waals surface area contributed by atoms with Crippen LogP contribution in [0.4, 0.5) is 0 Å². The minimum Gasteiger partial charge on any atom is -0.493 e. The van der Waals surface area contributed by atoms with Gasteiger partial charge in [0.15, 0.2) is 16.6 Å². The summed E-state index contributed by atoms with van der Waals surface area (Å²) in [6.45, 7) is 6.83. The third-order valence-corrected chi connectivity index (χ3v) is 2.95. The number of thiocarbonyl (C=S) groups is 1. The average molecular weight is 323 g/mol. The van der Waals surface area contributed by atoms with E-state index in [1.165, 1.54) is 0 Å². The van der Waals surface area contributed by atoms with Gasteiger partial charge in [0.25, 0.3) is 0 Å². The lowest BCUT2D eigenvalue weighted by atomic mass is 10.2. The standard InChI is InChI=1S/C16H25N3O2S/c1-5-6-9-21-15-10-13(7-8-14(15)20-4)11-17-19-16(22)18-12(2)3/h7-8,10-12H,5-6,9H2,1-4H3,(H2,18,19,22)/b17-11-. The molecular formula is C16H25N3O2S. The molecule has 0 saturated heterocycles. The topological polar surface area (TPSA) is 54.9 Å². The molecule has 1 aromatic rings. The molecule has 5 nitrogen and oxygen atoms in total. The van der Waals surface area contributed by atoms with E-state index in [1.807, 2.05) is 32.0 Å². The SMILES string of the molecule is CCCCOc1cc(/C=N\NC(=S)NC(C)C)ccc1OC. The number of hydrazone groups is 1. The van der Waals surface area contributed by atoms with Crippen LogP contribution in [0.25, 0.3) is 0 Å². The molecule has 0 radical (unpaired) electrons. The van der Waals surface area contributed by atoms with E-state index in [1.54, 1.807) is 13.3 Å². The summed E-state index contributed by atoms with van der Waals surface area (Å²) in [5.74, 6) is 1.45. The fourth-order valence-corrected chi connectivity index (χ4v) is 1.96. The van der Waals surface area contributed by atoms with E-state index >= 15 is 0 Å². The molecule has 0 bridgehead atoms. The maximum Gasteiger partial charge on any atom is 0.187 e. The van der Waals surface area contributed by atoms with Crippen LogP contribution in [0.3, 0.4) is 0 Å². The zero-order chi connectivity index (χ0) is 16.4. The number of unbranched alkanes of at least 4 members (excludes halogenated alkanes) is 1. The zero-order valence-corrected chi connectivity index (χ0v) is 14.5. The molecule has 2 N–H and O–H groups in total. The summed E-state index contributed by atoms with van der Waals surface area (Å²) >= 11 is 5.10. The first-order valence-corrected chi connectivity index (χ1v) is 7.88. The second-order valence-corrected chi connectivity index (χ2v) is 5.52. The summed E-state index contributed by atoms with van der Waals surface area (Å²) in [5, 5.41) is 7.67. The van der Waals surface area contributed by atoms with Crippen LogP contribution in [0.15, 0.2) is 23.3 Å². The highest BCUT2D eigenvalue weighted by Gasteiger charge is 2.05. The smallest absolute Gasteiger partial charge is 0.187 e. The largest absolute Gasteiger partial charge is 0.493 e. The summed E-state index contributed by atoms with van der Waals surface area (Å²) < 4.78 is 11.0. The molecule has 0 aliphatic heterocycles. The Bertz CT molecular complexity index is 504. The third kappa shape index (κ3) is 6.76. The number of benzene rings is 1. The quantitative estimate of drug-likeness (QED) is 0.333. The lowest BCUT2D eigenvalue weighted by Gasteiger charge is -2.11. The van der Waals surface area contributed by atoms with E-state index in [0.29, 0.717) is 11.7 Å². The van der Waals surface area contributed by atoms with Crippen LogP contribution in [0, 0.1) is 0 Å². The minimum atomic E-state index is 0.273. The molecule has 6 heteroatoms. The number of ether oxygens (including phenoxy) is 2. The van der Waals surface area contributed by atoms with Crippen LogP contribution in [0.5, 0.6) is 11.5 Å². The van der Waals surface area contributed by atoms with Crippen LogP contribution in [0.1, 0.15) is 39.2 Å². The summed E-state index contributed by atoms with van der Waals surface area (Å²) in [6.07, 6.45) is 3.80. The van der Waals surface area contributed by atoms with Crippen molar-refractivity contribution in [1.82, 2.24) is 10.7 Å². The molecule has 122 valence electrons. The molecule has 0 atom stereocenters. The summed E-state index contributed by atoms with van der Waals surface area (Å²) in [7, 11) is 1.63. The second-order valence-electron chi connectivity index (χ2n) is 5.11. The summed E-state index contributed by atoms with van der Waals surface area (Å²) in [4.78, 5) is 0. The van der Waals surface area contributed by atoms with Crippen molar-refractivity contribution in [2.45, 2.75) is 39.7 Å². The molecule has 0 spiro atoms. The van der Waals surface area contributed by atoms with Crippen molar-refractivity contribution in [1.29, 1.82) is 0 Å². The van der Waals surface area contributed by atoms with Crippen LogP contribution in [-0.4, -0.2) is 31.1 Å². The Kier molecular flexibility index (Phi) is 8.28. The van der Waals surface area contributed by atoms with E-state index < -0.39 is 0 Å². The molecule has 22 heavy (non-hydrogen) atoms. The van der Waals surface area contributed by atoms with Gasteiger partial charge >= 0.3 is 0 Å². The fourth-order valence-electron chi connectivity index (χ4n) is 1.67. The van der Waals surface area contributed by atoms with Gasteiger partial charge in [-0.05, 0) is 56.2 Å². The second kappa shape index (κ2) is 10.00. The maximum atomic E-state index is 5.74. The summed E-state index contributed by atoms with van der Waals surface area (Å²) in [6, 6.07) is 5.95. The van der Waals surface area contributed by atoms with E-state index in [0.717, 1.165) is 29.9 Å². The predicted molar refractivity (Wildman–Crippen MR) is 95.0 cm³/mol. The highest BCUT2D eigenvalue weighted by molar-refractivity contribution is 7.80. The third-order valence-electron chi connectivity index (χ3n) is 2.74. The molecule has 0 fully saturated rings. The van der Waals surface area contributed by atoms with E-state index in [2.05, 4.69) is 22.8 Å². The van der Waals surface area contributed by atoms with E-state index in [9.17, 15) is 0 Å². The lowest BCUT2D eigenvalue weighted by Crippen LogP contribution is -2.36. The molecule has 0 aliphatic rings. The van der Waals surface area contributed by atoms with E-state index in [4.69, 9.17) is 21.7 Å². The molecule has 0 aromatic heterocycles. The van der Waals surface area contributed by atoms with Gasteiger partial charge in [-0.1, -0.05) is 13.3 Å². The van der Waals surface area contributed by atoms with Gasteiger partial charge in [0, 0.05) is 6.04 Å². The van der Waals surface area contributed by atoms with Crippen molar-refractivity contribution in [3.05, 3.63) is 23.8 Å². The highest BCUT2D eigenvalue weighted by atomic mass is 32.1. The lowest BCUT2D eigenvalue weighted by molar-refractivity contribution is 0.288.